The van der Waals surface area contributed by atoms with Crippen LogP contribution in [0.25, 0.3) is 0 Å². The topological polar surface area (TPSA) is 47.9 Å². The minimum absolute atomic E-state index is 0.0686. The number of phenolic OH excluding ortho intramolecular Hbond substituents is 1. The van der Waals surface area contributed by atoms with Crippen LogP contribution in [-0.2, 0) is 9.47 Å². The lowest BCUT2D eigenvalue weighted by Crippen LogP contribution is -2.05. The highest BCUT2D eigenvalue weighted by Gasteiger charge is 2.18. The van der Waals surface area contributed by atoms with Crippen LogP contribution in [0.2, 0.25) is 0 Å². The molecule has 0 radical (unpaired) electrons. The van der Waals surface area contributed by atoms with Crippen LogP contribution in [0, 0.1) is 0 Å². The average molecular weight is 277 g/mol. The van der Waals surface area contributed by atoms with Crippen molar-refractivity contribution in [2.24, 2.45) is 0 Å². The Labute approximate surface area is 96.9 Å². The highest BCUT2D eigenvalue weighted by atomic mass is 79.9. The summed E-state index contributed by atoms with van der Waals surface area (Å²) in [7, 11) is 4.57. The summed E-state index contributed by atoms with van der Waals surface area (Å²) in [6, 6.07) is 3.24. The van der Waals surface area contributed by atoms with Gasteiger partial charge in [-0.2, -0.15) is 0 Å². The first-order valence-electron chi connectivity index (χ1n) is 4.26. The van der Waals surface area contributed by atoms with E-state index in [-0.39, 0.29) is 5.75 Å². The van der Waals surface area contributed by atoms with Gasteiger partial charge in [0.2, 0.25) is 0 Å². The number of aromatic hydroxyl groups is 1. The molecular weight excluding hydrogens is 264 g/mol. The van der Waals surface area contributed by atoms with Crippen LogP contribution >= 0.6 is 15.9 Å². The number of hydrogen-bond acceptors (Lipinski definition) is 4. The molecule has 0 amide bonds. The van der Waals surface area contributed by atoms with Crippen molar-refractivity contribution in [3.05, 3.63) is 22.2 Å². The summed E-state index contributed by atoms with van der Waals surface area (Å²) >= 11 is 3.33. The van der Waals surface area contributed by atoms with E-state index >= 15 is 0 Å². The van der Waals surface area contributed by atoms with Crippen molar-refractivity contribution in [2.45, 2.75) is 6.29 Å². The van der Waals surface area contributed by atoms with E-state index < -0.39 is 6.29 Å². The Morgan fingerprint density at radius 1 is 1.20 bits per heavy atom. The first-order valence-corrected chi connectivity index (χ1v) is 5.06. The molecule has 0 atom stereocenters. The monoisotopic (exact) mass is 276 g/mol. The zero-order valence-electron chi connectivity index (χ0n) is 8.78. The average Bonchev–Trinajstić information content (AvgIpc) is 2.23. The molecule has 1 rings (SSSR count). The molecule has 0 heterocycles. The number of methoxy groups -OCH3 is 3. The van der Waals surface area contributed by atoms with Crippen LogP contribution in [-0.4, -0.2) is 26.4 Å². The molecular formula is C10H13BrO4. The van der Waals surface area contributed by atoms with Gasteiger partial charge in [0, 0.05) is 19.8 Å². The van der Waals surface area contributed by atoms with E-state index in [1.807, 2.05) is 0 Å². The predicted molar refractivity (Wildman–Crippen MR) is 59.1 cm³/mol. The quantitative estimate of drug-likeness (QED) is 0.859. The summed E-state index contributed by atoms with van der Waals surface area (Å²) < 4.78 is 15.9. The lowest BCUT2D eigenvalue weighted by Gasteiger charge is -2.17. The van der Waals surface area contributed by atoms with E-state index in [9.17, 15) is 5.11 Å². The molecule has 1 aromatic rings. The van der Waals surface area contributed by atoms with Crippen molar-refractivity contribution in [3.63, 3.8) is 0 Å². The Morgan fingerprint density at radius 3 is 2.27 bits per heavy atom. The standard InChI is InChI=1S/C10H13BrO4/c1-13-9-7(12)5-4-6(8(9)11)10(14-2)15-3/h4-5,10,12H,1-3H3. The highest BCUT2D eigenvalue weighted by molar-refractivity contribution is 9.10. The van der Waals surface area contributed by atoms with Gasteiger partial charge in [0.05, 0.1) is 11.6 Å². The van der Waals surface area contributed by atoms with Gasteiger partial charge in [0.1, 0.15) is 0 Å². The van der Waals surface area contributed by atoms with E-state index in [0.717, 1.165) is 5.56 Å². The molecule has 0 aromatic heterocycles. The fourth-order valence-electron chi connectivity index (χ4n) is 1.29. The van der Waals surface area contributed by atoms with Gasteiger partial charge in [-0.1, -0.05) is 0 Å². The third-order valence-corrected chi connectivity index (χ3v) is 2.81. The van der Waals surface area contributed by atoms with Gasteiger partial charge in [-0.15, -0.1) is 0 Å². The van der Waals surface area contributed by atoms with Crippen molar-refractivity contribution < 1.29 is 19.3 Å². The van der Waals surface area contributed by atoms with E-state index in [1.54, 1.807) is 20.3 Å². The molecule has 5 heteroatoms. The van der Waals surface area contributed by atoms with Crippen LogP contribution in [0.15, 0.2) is 16.6 Å². The Kier molecular flexibility index (Phi) is 4.38. The molecule has 0 fully saturated rings. The fraction of sp³-hybridized carbons (Fsp3) is 0.400. The zero-order valence-corrected chi connectivity index (χ0v) is 10.4. The number of ether oxygens (including phenoxy) is 3. The molecule has 0 unspecified atom stereocenters. The van der Waals surface area contributed by atoms with Crippen LogP contribution in [0.4, 0.5) is 0 Å². The van der Waals surface area contributed by atoms with Gasteiger partial charge in [-0.3, -0.25) is 0 Å². The maximum atomic E-state index is 9.51. The molecule has 4 nitrogen and oxygen atoms in total. The third kappa shape index (κ3) is 2.42. The predicted octanol–water partition coefficient (Wildman–Crippen LogP) is 2.45. The summed E-state index contributed by atoms with van der Waals surface area (Å²) in [6.45, 7) is 0. The zero-order chi connectivity index (χ0) is 11.4. The maximum absolute atomic E-state index is 9.51. The maximum Gasteiger partial charge on any atom is 0.184 e. The second-order valence-corrected chi connectivity index (χ2v) is 3.62. The molecule has 15 heavy (non-hydrogen) atoms. The SMILES string of the molecule is COc1c(O)ccc(C(OC)OC)c1Br. The van der Waals surface area contributed by atoms with E-state index in [4.69, 9.17) is 14.2 Å². The number of phenols is 1. The molecule has 1 aromatic carbocycles. The third-order valence-electron chi connectivity index (χ3n) is 1.99. The molecule has 0 spiro atoms. The van der Waals surface area contributed by atoms with Crippen molar-refractivity contribution in [2.75, 3.05) is 21.3 Å². The molecule has 0 aliphatic carbocycles. The smallest absolute Gasteiger partial charge is 0.184 e. The summed E-state index contributed by atoms with van der Waals surface area (Å²) in [5.74, 6) is 0.436. The lowest BCUT2D eigenvalue weighted by atomic mass is 10.2. The molecule has 1 N–H and O–H groups in total. The van der Waals surface area contributed by atoms with Gasteiger partial charge in [-0.05, 0) is 28.1 Å². The number of hydrogen-bond donors (Lipinski definition) is 1. The first kappa shape index (κ1) is 12.3. The number of benzene rings is 1. The minimum Gasteiger partial charge on any atom is -0.504 e. The van der Waals surface area contributed by atoms with Crippen LogP contribution in [0.5, 0.6) is 11.5 Å². The van der Waals surface area contributed by atoms with Crippen molar-refractivity contribution in [1.29, 1.82) is 0 Å². The van der Waals surface area contributed by atoms with E-state index in [2.05, 4.69) is 15.9 Å². The molecule has 0 saturated carbocycles. The van der Waals surface area contributed by atoms with E-state index in [0.29, 0.717) is 10.2 Å². The Balaban J connectivity index is 3.20. The largest absolute Gasteiger partial charge is 0.504 e. The summed E-state index contributed by atoms with van der Waals surface area (Å²) in [6.07, 6.45) is -0.492. The van der Waals surface area contributed by atoms with Crippen molar-refractivity contribution in [3.8, 4) is 11.5 Å². The number of rotatable bonds is 4. The lowest BCUT2D eigenvalue weighted by molar-refractivity contribution is -0.106. The first-order chi connectivity index (χ1) is 7.15. The van der Waals surface area contributed by atoms with Crippen molar-refractivity contribution >= 4 is 15.9 Å². The Bertz CT molecular complexity index is 336. The summed E-state index contributed by atoms with van der Waals surface area (Å²) in [5.41, 5.74) is 0.759. The van der Waals surface area contributed by atoms with Gasteiger partial charge in [-0.25, -0.2) is 0 Å². The van der Waals surface area contributed by atoms with Gasteiger partial charge in [0.15, 0.2) is 17.8 Å². The van der Waals surface area contributed by atoms with Gasteiger partial charge >= 0.3 is 0 Å². The van der Waals surface area contributed by atoms with Crippen molar-refractivity contribution in [1.82, 2.24) is 0 Å². The summed E-state index contributed by atoms with van der Waals surface area (Å²) in [5, 5.41) is 9.51. The van der Waals surface area contributed by atoms with Gasteiger partial charge < -0.3 is 19.3 Å². The molecule has 0 aliphatic heterocycles. The molecule has 0 aliphatic rings. The fourth-order valence-corrected chi connectivity index (χ4v) is 1.97. The summed E-state index contributed by atoms with van der Waals surface area (Å²) in [4.78, 5) is 0. The minimum atomic E-state index is -0.492. The van der Waals surface area contributed by atoms with E-state index in [1.165, 1.54) is 13.2 Å². The highest BCUT2D eigenvalue weighted by Crippen LogP contribution is 2.39. The van der Waals surface area contributed by atoms with Crippen LogP contribution in [0.1, 0.15) is 11.9 Å². The molecule has 0 saturated heterocycles. The normalized spacial score (nSPS) is 10.7. The molecule has 0 bridgehead atoms. The number of halogens is 1. The Morgan fingerprint density at radius 2 is 1.80 bits per heavy atom. The van der Waals surface area contributed by atoms with Crippen LogP contribution in [0.3, 0.4) is 0 Å². The van der Waals surface area contributed by atoms with Crippen LogP contribution < -0.4 is 4.74 Å². The van der Waals surface area contributed by atoms with Gasteiger partial charge in [0.25, 0.3) is 0 Å². The second-order valence-electron chi connectivity index (χ2n) is 2.82. The Hall–Kier alpha value is -0.780. The molecule has 84 valence electrons. The second kappa shape index (κ2) is 5.34.